The van der Waals surface area contributed by atoms with Crippen molar-refractivity contribution in [3.05, 3.63) is 76.0 Å². The van der Waals surface area contributed by atoms with Gasteiger partial charge in [0, 0.05) is 55.2 Å². The second-order valence-electron chi connectivity index (χ2n) is 13.5. The van der Waals surface area contributed by atoms with E-state index in [1.54, 1.807) is 6.20 Å². The van der Waals surface area contributed by atoms with E-state index < -0.39 is 53.6 Å². The van der Waals surface area contributed by atoms with Gasteiger partial charge in [0.15, 0.2) is 0 Å². The second-order valence-corrected chi connectivity index (χ2v) is 16.3. The number of aliphatic hydroxyl groups is 5. The number of nitrogens with one attached hydrogen (secondary N) is 3. The Morgan fingerprint density at radius 2 is 1.75 bits per heavy atom. The number of ether oxygens (including phenoxy) is 1. The van der Waals surface area contributed by atoms with Crippen molar-refractivity contribution in [1.29, 1.82) is 0 Å². The number of hydrogen-bond acceptors (Lipinski definition) is 11. The summed E-state index contributed by atoms with van der Waals surface area (Å²) in [6.45, 7) is -1.04. The topological polar surface area (TPSA) is 214 Å². The third kappa shape index (κ3) is 10.2. The molecule has 2 aliphatic carbocycles. The van der Waals surface area contributed by atoms with Gasteiger partial charge in [0.2, 0.25) is 10.0 Å². The number of carbonyl (C=O) groups is 1. The predicted molar refractivity (Wildman–Crippen MR) is 199 cm³/mol. The lowest BCUT2D eigenvalue weighted by Gasteiger charge is -2.28. The van der Waals surface area contributed by atoms with E-state index in [-0.39, 0.29) is 41.2 Å². The van der Waals surface area contributed by atoms with Crippen LogP contribution in [0.25, 0.3) is 11.1 Å². The number of unbranched alkanes of at least 4 members (excludes halogenated alkanes) is 1. The summed E-state index contributed by atoms with van der Waals surface area (Å²) in [6.07, 6.45) is 3.23. The van der Waals surface area contributed by atoms with E-state index in [9.17, 15) is 33.6 Å². The van der Waals surface area contributed by atoms with Gasteiger partial charge in [-0.2, -0.15) is 0 Å². The molecule has 4 atom stereocenters. The molecule has 2 aliphatic rings. The lowest BCUT2D eigenvalue weighted by atomic mass is 9.94. The molecule has 3 aromatic rings. The largest absolute Gasteiger partial charge is 0.490 e. The summed E-state index contributed by atoms with van der Waals surface area (Å²) >= 11 is 13.1. The SMILES string of the molecule is CN(CCCCNC(=O)N[C@@H](CO)[C@@H](O)[C@H](O)C(O)CO)S(=O)(=O)c1cc(CNC2(c3cnccc3-c3ccccc3OC3CC3)CC2)c(Cl)cc1Cl. The first kappa shape index (κ1) is 41.1. The first-order chi connectivity index (χ1) is 25.3. The zero-order valence-corrected chi connectivity index (χ0v) is 31.6. The molecule has 0 saturated heterocycles. The Bertz CT molecular complexity index is 1830. The molecule has 8 N–H and O–H groups in total. The lowest BCUT2D eigenvalue weighted by Crippen LogP contribution is -2.56. The van der Waals surface area contributed by atoms with Gasteiger partial charge >= 0.3 is 6.03 Å². The number of hydrogen-bond donors (Lipinski definition) is 8. The zero-order valence-electron chi connectivity index (χ0n) is 29.3. The molecule has 17 heteroatoms. The fourth-order valence-electron chi connectivity index (χ4n) is 5.98. The van der Waals surface area contributed by atoms with E-state index in [1.165, 1.54) is 23.5 Å². The third-order valence-electron chi connectivity index (χ3n) is 9.53. The van der Waals surface area contributed by atoms with Gasteiger partial charge in [-0.15, -0.1) is 0 Å². The number of nitrogens with zero attached hydrogens (tertiary/aromatic N) is 2. The van der Waals surface area contributed by atoms with Crippen LogP contribution in [0.4, 0.5) is 4.79 Å². The standard InChI is InChI=1S/C36H47Cl2N5O9S/c1-43(15-5-4-13-40-35(49)42-29(20-44)33(47)34(48)30(46)21-45)53(50,51)32-16-22(27(37)17-28(32)38)18-41-36(11-12-36)26-19-39-14-10-24(26)25-6-2-3-7-31(25)52-23-8-9-23/h2-3,6-7,10,14,16-17,19,23,29-30,33-34,41,44-48H,4-5,8-9,11-13,15,18,20-21H2,1H3,(H2,40,42,49)/t29-,30?,33+,34+/m0/s1. The van der Waals surface area contributed by atoms with Crippen LogP contribution in [-0.2, 0) is 22.1 Å². The Balaban J connectivity index is 1.17. The summed E-state index contributed by atoms with van der Waals surface area (Å²) < 4.78 is 34.7. The molecule has 290 valence electrons. The average molecular weight is 797 g/mol. The van der Waals surface area contributed by atoms with E-state index in [2.05, 4.69) is 20.9 Å². The van der Waals surface area contributed by atoms with Crippen LogP contribution >= 0.6 is 23.2 Å². The summed E-state index contributed by atoms with van der Waals surface area (Å²) in [5.74, 6) is 0.835. The van der Waals surface area contributed by atoms with Crippen LogP contribution in [0.5, 0.6) is 5.75 Å². The maximum Gasteiger partial charge on any atom is 0.315 e. The van der Waals surface area contributed by atoms with Gasteiger partial charge < -0.3 is 46.2 Å². The quantitative estimate of drug-likeness (QED) is 0.0779. The minimum Gasteiger partial charge on any atom is -0.490 e. The fraction of sp³-hybridized carbons (Fsp3) is 0.500. The van der Waals surface area contributed by atoms with E-state index in [4.69, 9.17) is 33.0 Å². The second kappa shape index (κ2) is 18.0. The van der Waals surface area contributed by atoms with E-state index in [0.717, 1.165) is 48.1 Å². The van der Waals surface area contributed by atoms with Crippen molar-refractivity contribution in [3.63, 3.8) is 0 Å². The minimum absolute atomic E-state index is 0.0101. The molecule has 0 bridgehead atoms. The maximum atomic E-state index is 13.7. The fourth-order valence-corrected chi connectivity index (χ4v) is 8.03. The number of urea groups is 1. The molecule has 1 unspecified atom stereocenters. The van der Waals surface area contributed by atoms with Crippen LogP contribution in [0.2, 0.25) is 10.0 Å². The molecule has 2 amide bonds. The van der Waals surface area contributed by atoms with Crippen LogP contribution in [0, 0.1) is 0 Å². The number of aliphatic hydroxyl groups excluding tert-OH is 5. The number of rotatable bonds is 20. The Morgan fingerprint density at radius 3 is 2.43 bits per heavy atom. The van der Waals surface area contributed by atoms with Crippen molar-refractivity contribution < 1.29 is 43.5 Å². The molecule has 2 aromatic carbocycles. The predicted octanol–water partition coefficient (Wildman–Crippen LogP) is 2.51. The normalized spacial score (nSPS) is 17.5. The van der Waals surface area contributed by atoms with Crippen LogP contribution in [-0.4, -0.2) is 113 Å². The molecule has 2 saturated carbocycles. The van der Waals surface area contributed by atoms with Crippen molar-refractivity contribution in [2.24, 2.45) is 0 Å². The number of para-hydroxylation sites is 1. The summed E-state index contributed by atoms with van der Waals surface area (Å²) in [6, 6.07) is 10.8. The third-order valence-corrected chi connectivity index (χ3v) is 12.2. The molecule has 53 heavy (non-hydrogen) atoms. The van der Waals surface area contributed by atoms with Gasteiger partial charge in [0.1, 0.15) is 29.0 Å². The highest BCUT2D eigenvalue weighted by Crippen LogP contribution is 2.50. The zero-order chi connectivity index (χ0) is 38.3. The Morgan fingerprint density at radius 1 is 1.02 bits per heavy atom. The number of amides is 2. The molecule has 1 heterocycles. The Labute approximate surface area is 319 Å². The van der Waals surface area contributed by atoms with Gasteiger partial charge in [0.25, 0.3) is 0 Å². The minimum atomic E-state index is -4.03. The Kier molecular flexibility index (Phi) is 14.0. The number of benzene rings is 2. The van der Waals surface area contributed by atoms with Gasteiger partial charge in [-0.05, 0) is 79.5 Å². The van der Waals surface area contributed by atoms with Gasteiger partial charge in [-0.1, -0.05) is 41.4 Å². The molecule has 0 radical (unpaired) electrons. The number of halogens is 2. The van der Waals surface area contributed by atoms with Crippen molar-refractivity contribution in [2.75, 3.05) is 33.4 Å². The van der Waals surface area contributed by atoms with Crippen LogP contribution in [0.1, 0.15) is 49.7 Å². The molecule has 0 spiro atoms. The van der Waals surface area contributed by atoms with Crippen molar-refractivity contribution >= 4 is 39.3 Å². The average Bonchev–Trinajstić information content (AvgIpc) is 4.10. The highest BCUT2D eigenvalue weighted by molar-refractivity contribution is 7.89. The highest BCUT2D eigenvalue weighted by atomic mass is 35.5. The van der Waals surface area contributed by atoms with E-state index in [1.807, 2.05) is 36.5 Å². The van der Waals surface area contributed by atoms with Gasteiger partial charge in [-0.25, -0.2) is 17.5 Å². The first-order valence-corrected chi connectivity index (χ1v) is 19.7. The molecule has 1 aromatic heterocycles. The Hall–Kier alpha value is -3.09. The maximum absolute atomic E-state index is 13.7. The first-order valence-electron chi connectivity index (χ1n) is 17.5. The number of carbonyl (C=O) groups excluding carboxylic acids is 1. The van der Waals surface area contributed by atoms with Gasteiger partial charge in [0.05, 0.1) is 30.4 Å². The monoisotopic (exact) mass is 795 g/mol. The molecule has 2 fully saturated rings. The van der Waals surface area contributed by atoms with Crippen LogP contribution in [0.3, 0.4) is 0 Å². The van der Waals surface area contributed by atoms with Crippen molar-refractivity contribution in [1.82, 2.24) is 25.2 Å². The number of aromatic nitrogens is 1. The molecular formula is C36H47Cl2N5O9S. The molecular weight excluding hydrogens is 749 g/mol. The lowest BCUT2D eigenvalue weighted by molar-refractivity contribution is -0.0902. The summed E-state index contributed by atoms with van der Waals surface area (Å²) in [7, 11) is -2.59. The van der Waals surface area contributed by atoms with Crippen molar-refractivity contribution in [3.8, 4) is 16.9 Å². The molecule has 14 nitrogen and oxygen atoms in total. The van der Waals surface area contributed by atoms with E-state index >= 15 is 0 Å². The van der Waals surface area contributed by atoms with Crippen molar-refractivity contribution in [2.45, 2.75) is 86.0 Å². The van der Waals surface area contributed by atoms with Crippen LogP contribution in [0.15, 0.2) is 59.8 Å². The van der Waals surface area contributed by atoms with E-state index in [0.29, 0.717) is 23.4 Å². The smallest absolute Gasteiger partial charge is 0.315 e. The summed E-state index contributed by atoms with van der Waals surface area (Å²) in [4.78, 5) is 16.6. The number of sulfonamides is 1. The number of pyridine rings is 1. The molecule has 5 rings (SSSR count). The molecule has 0 aliphatic heterocycles. The summed E-state index contributed by atoms with van der Waals surface area (Å²) in [5, 5.41) is 56.7. The van der Waals surface area contributed by atoms with Crippen LogP contribution < -0.4 is 20.7 Å². The summed E-state index contributed by atoms with van der Waals surface area (Å²) in [5.41, 5.74) is 3.22. The van der Waals surface area contributed by atoms with Gasteiger partial charge in [-0.3, -0.25) is 4.98 Å². The highest BCUT2D eigenvalue weighted by Gasteiger charge is 2.46.